The molecule has 0 atom stereocenters. The molecular weight excluding hydrogens is 268 g/mol. The van der Waals surface area contributed by atoms with Gasteiger partial charge in [0.05, 0.1) is 10.1 Å². The Morgan fingerprint density at radius 1 is 1.38 bits per heavy atom. The number of carbonyl (C=O) groups excluding carboxylic acids is 1. The molecule has 0 N–H and O–H groups in total. The van der Waals surface area contributed by atoms with Crippen LogP contribution in [0, 0.1) is 0 Å². The molecule has 0 saturated heterocycles. The Balaban J connectivity index is 2.90. The van der Waals surface area contributed by atoms with Crippen molar-refractivity contribution in [3.8, 4) is 0 Å². The third-order valence-corrected chi connectivity index (χ3v) is 3.04. The van der Waals surface area contributed by atoms with Crippen LogP contribution in [-0.4, -0.2) is 15.7 Å². The molecule has 0 bridgehead atoms. The maximum atomic E-state index is 11.0. The summed E-state index contributed by atoms with van der Waals surface area (Å²) in [5.74, 6) is 0.886. The molecule has 0 spiro atoms. The van der Waals surface area contributed by atoms with Gasteiger partial charge in [-0.2, -0.15) is 0 Å². The van der Waals surface area contributed by atoms with Crippen LogP contribution in [0.25, 0.3) is 5.52 Å². The summed E-state index contributed by atoms with van der Waals surface area (Å²) >= 11 is 3.49. The van der Waals surface area contributed by atoms with Gasteiger partial charge in [0, 0.05) is 5.41 Å². The number of hydrogen-bond acceptors (Lipinski definition) is 2. The van der Waals surface area contributed by atoms with Crippen LogP contribution in [0.1, 0.15) is 37.1 Å². The number of hydrogen-bond donors (Lipinski definition) is 0. The highest BCUT2D eigenvalue weighted by Crippen LogP contribution is 2.27. The zero-order chi connectivity index (χ0) is 11.9. The highest BCUT2D eigenvalue weighted by atomic mass is 79.9. The number of aldehydes is 1. The quantitative estimate of drug-likeness (QED) is 0.594. The number of carbonyl (C=O) groups is 1. The third-order valence-electron chi connectivity index (χ3n) is 2.43. The number of fused-ring (bicyclic) bond motifs is 1. The summed E-state index contributed by atoms with van der Waals surface area (Å²) in [6.45, 7) is 6.24. The maximum absolute atomic E-state index is 11.0. The number of aromatic nitrogens is 2. The van der Waals surface area contributed by atoms with Crippen molar-refractivity contribution in [2.24, 2.45) is 0 Å². The Hall–Kier alpha value is -1.16. The van der Waals surface area contributed by atoms with Crippen molar-refractivity contribution in [3.63, 3.8) is 0 Å². The summed E-state index contributed by atoms with van der Waals surface area (Å²) in [5.41, 5.74) is 1.23. The normalized spacial score (nSPS) is 12.0. The number of halogens is 1. The summed E-state index contributed by atoms with van der Waals surface area (Å²) in [6.07, 6.45) is 0.803. The first kappa shape index (κ1) is 11.3. The van der Waals surface area contributed by atoms with E-state index < -0.39 is 0 Å². The van der Waals surface area contributed by atoms with Crippen LogP contribution >= 0.6 is 15.9 Å². The van der Waals surface area contributed by atoms with Crippen molar-refractivity contribution < 1.29 is 4.79 Å². The molecule has 0 aromatic carbocycles. The standard InChI is InChI=1S/C12H13BrN2O/c1-12(2,3)11-14-8(7-16)9-5-4-6-10(13)15(9)11/h4-7H,1-3H3. The van der Waals surface area contributed by atoms with Crippen LogP contribution in [0.3, 0.4) is 0 Å². The zero-order valence-electron chi connectivity index (χ0n) is 9.49. The fourth-order valence-electron chi connectivity index (χ4n) is 1.71. The van der Waals surface area contributed by atoms with Gasteiger partial charge in [-0.05, 0) is 28.1 Å². The lowest BCUT2D eigenvalue weighted by Gasteiger charge is -2.17. The first-order chi connectivity index (χ1) is 7.45. The van der Waals surface area contributed by atoms with Gasteiger partial charge in [0.1, 0.15) is 11.5 Å². The topological polar surface area (TPSA) is 34.4 Å². The van der Waals surface area contributed by atoms with E-state index in [1.807, 2.05) is 22.6 Å². The minimum atomic E-state index is -0.103. The first-order valence-corrected chi connectivity index (χ1v) is 5.87. The van der Waals surface area contributed by atoms with Gasteiger partial charge in [0.2, 0.25) is 0 Å². The van der Waals surface area contributed by atoms with Crippen molar-refractivity contribution in [1.82, 2.24) is 9.38 Å². The molecule has 2 aromatic rings. The van der Waals surface area contributed by atoms with Crippen molar-refractivity contribution in [1.29, 1.82) is 0 Å². The van der Waals surface area contributed by atoms with E-state index in [0.29, 0.717) is 5.69 Å². The van der Waals surface area contributed by atoms with Gasteiger partial charge in [-0.15, -0.1) is 0 Å². The zero-order valence-corrected chi connectivity index (χ0v) is 11.1. The fraction of sp³-hybridized carbons (Fsp3) is 0.333. The van der Waals surface area contributed by atoms with E-state index in [2.05, 4.69) is 41.7 Å². The predicted octanol–water partition coefficient (Wildman–Crippen LogP) is 3.21. The summed E-state index contributed by atoms with van der Waals surface area (Å²) < 4.78 is 2.89. The first-order valence-electron chi connectivity index (χ1n) is 5.08. The second kappa shape index (κ2) is 3.70. The van der Waals surface area contributed by atoms with Crippen molar-refractivity contribution in [2.75, 3.05) is 0 Å². The summed E-state index contributed by atoms with van der Waals surface area (Å²) in [6, 6.07) is 5.75. The van der Waals surface area contributed by atoms with E-state index in [1.54, 1.807) is 0 Å². The molecule has 4 heteroatoms. The van der Waals surface area contributed by atoms with Crippen LogP contribution in [0.15, 0.2) is 22.8 Å². The largest absolute Gasteiger partial charge is 0.296 e. The molecule has 0 amide bonds. The lowest BCUT2D eigenvalue weighted by atomic mass is 9.96. The van der Waals surface area contributed by atoms with Crippen LogP contribution in [-0.2, 0) is 5.41 Å². The number of rotatable bonds is 1. The molecule has 2 heterocycles. The van der Waals surface area contributed by atoms with E-state index >= 15 is 0 Å². The van der Waals surface area contributed by atoms with E-state index in [9.17, 15) is 4.79 Å². The highest BCUT2D eigenvalue weighted by molar-refractivity contribution is 9.10. The van der Waals surface area contributed by atoms with Crippen molar-refractivity contribution >= 4 is 27.7 Å². The van der Waals surface area contributed by atoms with Crippen molar-refractivity contribution in [2.45, 2.75) is 26.2 Å². The van der Waals surface area contributed by atoms with Gasteiger partial charge >= 0.3 is 0 Å². The van der Waals surface area contributed by atoms with Gasteiger partial charge in [0.25, 0.3) is 0 Å². The molecule has 3 nitrogen and oxygen atoms in total. The van der Waals surface area contributed by atoms with E-state index in [4.69, 9.17) is 0 Å². The minimum absolute atomic E-state index is 0.103. The fourth-order valence-corrected chi connectivity index (χ4v) is 2.22. The van der Waals surface area contributed by atoms with Crippen LogP contribution in [0.5, 0.6) is 0 Å². The molecule has 0 aliphatic heterocycles. The molecule has 0 aliphatic carbocycles. The van der Waals surface area contributed by atoms with Crippen LogP contribution < -0.4 is 0 Å². The van der Waals surface area contributed by atoms with Gasteiger partial charge < -0.3 is 0 Å². The highest BCUT2D eigenvalue weighted by Gasteiger charge is 2.23. The lowest BCUT2D eigenvalue weighted by molar-refractivity contribution is 0.112. The number of imidazole rings is 1. The summed E-state index contributed by atoms with van der Waals surface area (Å²) in [4.78, 5) is 15.4. The van der Waals surface area contributed by atoms with E-state index in [1.165, 1.54) is 0 Å². The molecule has 16 heavy (non-hydrogen) atoms. The Kier molecular flexibility index (Phi) is 2.62. The SMILES string of the molecule is CC(C)(C)c1nc(C=O)c2cccc(Br)n12. The average molecular weight is 281 g/mol. The van der Waals surface area contributed by atoms with Gasteiger partial charge in [-0.3, -0.25) is 9.20 Å². The van der Waals surface area contributed by atoms with Gasteiger partial charge in [-0.1, -0.05) is 26.8 Å². The van der Waals surface area contributed by atoms with E-state index in [0.717, 1.165) is 22.2 Å². The smallest absolute Gasteiger partial charge is 0.170 e. The van der Waals surface area contributed by atoms with Crippen molar-refractivity contribution in [3.05, 3.63) is 34.3 Å². The number of nitrogens with zero attached hydrogens (tertiary/aromatic N) is 2. The average Bonchev–Trinajstić information content (AvgIpc) is 2.57. The molecule has 2 aromatic heterocycles. The Labute approximate surface area is 103 Å². The molecule has 84 valence electrons. The van der Waals surface area contributed by atoms with Gasteiger partial charge in [0.15, 0.2) is 6.29 Å². The second-order valence-corrected chi connectivity index (χ2v) is 5.57. The Morgan fingerprint density at radius 2 is 2.06 bits per heavy atom. The lowest BCUT2D eigenvalue weighted by Crippen LogP contribution is -2.16. The third kappa shape index (κ3) is 1.67. The Morgan fingerprint density at radius 3 is 2.62 bits per heavy atom. The predicted molar refractivity (Wildman–Crippen MR) is 67.0 cm³/mol. The summed E-state index contributed by atoms with van der Waals surface area (Å²) in [5, 5.41) is 0. The molecule has 0 aliphatic rings. The molecular formula is C12H13BrN2O. The molecule has 2 rings (SSSR count). The Bertz CT molecular complexity index is 552. The number of pyridine rings is 1. The minimum Gasteiger partial charge on any atom is -0.296 e. The van der Waals surface area contributed by atoms with Crippen LogP contribution in [0.2, 0.25) is 0 Å². The molecule has 0 radical (unpaired) electrons. The van der Waals surface area contributed by atoms with Crippen LogP contribution in [0.4, 0.5) is 0 Å². The molecule has 0 unspecified atom stereocenters. The monoisotopic (exact) mass is 280 g/mol. The van der Waals surface area contributed by atoms with Gasteiger partial charge in [-0.25, -0.2) is 4.98 Å². The second-order valence-electron chi connectivity index (χ2n) is 4.76. The summed E-state index contributed by atoms with van der Waals surface area (Å²) in [7, 11) is 0. The van der Waals surface area contributed by atoms with E-state index in [-0.39, 0.29) is 5.41 Å². The molecule has 0 saturated carbocycles. The molecule has 0 fully saturated rings. The maximum Gasteiger partial charge on any atom is 0.170 e.